The van der Waals surface area contributed by atoms with Crippen LogP contribution in [0, 0.1) is 0 Å². The molecule has 2 heterocycles. The Labute approximate surface area is 183 Å². The number of nitrogens with one attached hydrogen (secondary N) is 1. The summed E-state index contributed by atoms with van der Waals surface area (Å²) >= 11 is 0. The Morgan fingerprint density at radius 2 is 1.97 bits per heavy atom. The third kappa shape index (κ3) is 4.38. The Morgan fingerprint density at radius 1 is 1.00 bits per heavy atom. The minimum atomic E-state index is 0.877. The topological polar surface area (TPSA) is 50.8 Å². The number of H-pyrrole nitrogens is 1. The predicted molar refractivity (Wildman–Crippen MR) is 125 cm³/mol. The van der Waals surface area contributed by atoms with Crippen molar-refractivity contribution in [2.75, 3.05) is 7.11 Å². The van der Waals surface area contributed by atoms with Gasteiger partial charge in [-0.1, -0.05) is 30.4 Å². The number of allylic oxidation sites excluding steroid dienone is 1. The number of methoxy groups -OCH3 is 1. The maximum atomic E-state index is 5.31. The lowest BCUT2D eigenvalue weighted by Gasteiger charge is -2.06. The summed E-state index contributed by atoms with van der Waals surface area (Å²) in [5.74, 6) is 1.82. The van der Waals surface area contributed by atoms with Gasteiger partial charge in [0.2, 0.25) is 0 Å². The fourth-order valence-electron chi connectivity index (χ4n) is 4.36. The molecule has 0 aliphatic heterocycles. The van der Waals surface area contributed by atoms with Crippen molar-refractivity contribution in [1.82, 2.24) is 15.0 Å². The van der Waals surface area contributed by atoms with Gasteiger partial charge in [-0.05, 0) is 72.6 Å². The molecule has 0 bridgehead atoms. The van der Waals surface area contributed by atoms with Crippen molar-refractivity contribution in [2.24, 2.45) is 0 Å². The second kappa shape index (κ2) is 8.76. The second-order valence-electron chi connectivity index (χ2n) is 8.18. The Balaban J connectivity index is 1.17. The number of aryl methyl sites for hydroxylation is 4. The maximum absolute atomic E-state index is 5.31. The number of rotatable bonds is 8. The molecule has 0 fully saturated rings. The van der Waals surface area contributed by atoms with E-state index in [1.807, 2.05) is 24.4 Å². The highest BCUT2D eigenvalue weighted by molar-refractivity contribution is 5.84. The normalized spacial score (nSPS) is 12.4. The molecule has 0 amide bonds. The van der Waals surface area contributed by atoms with E-state index in [2.05, 4.69) is 52.6 Å². The van der Waals surface area contributed by atoms with Crippen LogP contribution in [0.1, 0.15) is 40.2 Å². The smallest absolute Gasteiger partial charge is 0.128 e. The summed E-state index contributed by atoms with van der Waals surface area (Å²) in [6.45, 7) is 0. The third-order valence-corrected chi connectivity index (χ3v) is 6.10. The molecule has 4 heteroatoms. The van der Waals surface area contributed by atoms with E-state index in [0.717, 1.165) is 61.3 Å². The summed E-state index contributed by atoms with van der Waals surface area (Å²) < 4.78 is 5.31. The first kappa shape index (κ1) is 19.6. The highest BCUT2D eigenvalue weighted by atomic mass is 16.5. The Hall–Kier alpha value is -3.40. The molecule has 1 N–H and O–H groups in total. The third-order valence-electron chi connectivity index (χ3n) is 6.10. The molecule has 4 aromatic rings. The van der Waals surface area contributed by atoms with Crippen LogP contribution < -0.4 is 4.74 Å². The van der Waals surface area contributed by atoms with Crippen molar-refractivity contribution in [3.8, 4) is 5.75 Å². The highest BCUT2D eigenvalue weighted by Crippen LogP contribution is 2.24. The molecule has 0 saturated heterocycles. The lowest BCUT2D eigenvalue weighted by molar-refractivity contribution is 0.415. The van der Waals surface area contributed by atoms with E-state index in [9.17, 15) is 0 Å². The van der Waals surface area contributed by atoms with Crippen LogP contribution in [0.15, 0.2) is 60.9 Å². The summed E-state index contributed by atoms with van der Waals surface area (Å²) in [5, 5.41) is 1.26. The van der Waals surface area contributed by atoms with Crippen LogP contribution in [0.2, 0.25) is 0 Å². The molecular weight excluding hydrogens is 382 g/mol. The standard InChI is InChI=1S/C27H27N3O/c1-31-24-12-13-25-22(18-29-26(25)17-24)6-3-7-27-28-15-14-23(30-27)11-9-19-8-10-20-4-2-5-21(20)16-19/h2,5,8,10,12-18,29H,3-4,6-7,9,11H2,1H3. The average molecular weight is 410 g/mol. The molecule has 4 nitrogen and oxygen atoms in total. The van der Waals surface area contributed by atoms with Crippen LogP contribution in [0.4, 0.5) is 0 Å². The van der Waals surface area contributed by atoms with E-state index in [-0.39, 0.29) is 0 Å². The van der Waals surface area contributed by atoms with E-state index < -0.39 is 0 Å². The Morgan fingerprint density at radius 3 is 2.90 bits per heavy atom. The van der Waals surface area contributed by atoms with Gasteiger partial charge in [0.1, 0.15) is 11.6 Å². The van der Waals surface area contributed by atoms with Gasteiger partial charge in [0, 0.05) is 41.5 Å². The molecule has 31 heavy (non-hydrogen) atoms. The minimum absolute atomic E-state index is 0.877. The number of fused-ring (bicyclic) bond motifs is 2. The zero-order valence-corrected chi connectivity index (χ0v) is 17.9. The van der Waals surface area contributed by atoms with Crippen LogP contribution in [0.3, 0.4) is 0 Å². The molecule has 2 aromatic heterocycles. The lowest BCUT2D eigenvalue weighted by atomic mass is 10.0. The van der Waals surface area contributed by atoms with Gasteiger partial charge in [0.05, 0.1) is 7.11 Å². The number of hydrogen-bond donors (Lipinski definition) is 1. The van der Waals surface area contributed by atoms with Crippen molar-refractivity contribution in [2.45, 2.75) is 38.5 Å². The van der Waals surface area contributed by atoms with Gasteiger partial charge in [-0.15, -0.1) is 0 Å². The van der Waals surface area contributed by atoms with Crippen molar-refractivity contribution >= 4 is 17.0 Å². The molecule has 5 rings (SSSR count). The summed E-state index contributed by atoms with van der Waals surface area (Å²) in [4.78, 5) is 12.7. The first-order valence-electron chi connectivity index (χ1n) is 11.0. The second-order valence-corrected chi connectivity index (χ2v) is 8.18. The van der Waals surface area contributed by atoms with E-state index in [4.69, 9.17) is 9.72 Å². The molecule has 1 aliphatic carbocycles. The highest BCUT2D eigenvalue weighted by Gasteiger charge is 2.08. The first-order chi connectivity index (χ1) is 15.3. The molecule has 0 spiro atoms. The van der Waals surface area contributed by atoms with Crippen molar-refractivity contribution in [3.05, 3.63) is 94.7 Å². The predicted octanol–water partition coefficient (Wildman–Crippen LogP) is 5.50. The molecule has 156 valence electrons. The SMILES string of the molecule is COc1ccc2c(CCCc3nccc(CCc4ccc5c(c4)C=CC5)n3)c[nH]c2c1. The zero-order chi connectivity index (χ0) is 21.0. The number of ether oxygens (including phenoxy) is 1. The van der Waals surface area contributed by atoms with Crippen LogP contribution >= 0.6 is 0 Å². The molecular formula is C27H27N3O. The number of aromatic nitrogens is 3. The summed E-state index contributed by atoms with van der Waals surface area (Å²) in [6, 6.07) is 15.1. The first-order valence-corrected chi connectivity index (χ1v) is 11.0. The molecule has 0 atom stereocenters. The molecule has 0 radical (unpaired) electrons. The van der Waals surface area contributed by atoms with Gasteiger partial charge in [-0.3, -0.25) is 0 Å². The summed E-state index contributed by atoms with van der Waals surface area (Å²) in [7, 11) is 1.70. The fourth-order valence-corrected chi connectivity index (χ4v) is 4.36. The van der Waals surface area contributed by atoms with Crippen LogP contribution in [0.25, 0.3) is 17.0 Å². The Bertz CT molecular complexity index is 1240. The van der Waals surface area contributed by atoms with Crippen molar-refractivity contribution in [1.29, 1.82) is 0 Å². The van der Waals surface area contributed by atoms with Gasteiger partial charge in [0.15, 0.2) is 0 Å². The van der Waals surface area contributed by atoms with Gasteiger partial charge in [-0.25, -0.2) is 9.97 Å². The maximum Gasteiger partial charge on any atom is 0.128 e. The van der Waals surface area contributed by atoms with E-state index in [0.29, 0.717) is 0 Å². The monoisotopic (exact) mass is 409 g/mol. The lowest BCUT2D eigenvalue weighted by Crippen LogP contribution is -2.02. The fraction of sp³-hybridized carbons (Fsp3) is 0.259. The molecule has 0 saturated carbocycles. The van der Waals surface area contributed by atoms with Crippen LogP contribution in [-0.4, -0.2) is 22.1 Å². The minimum Gasteiger partial charge on any atom is -0.497 e. The summed E-state index contributed by atoms with van der Waals surface area (Å²) in [5.41, 5.74) is 7.76. The molecule has 1 aliphatic rings. The van der Waals surface area contributed by atoms with Crippen molar-refractivity contribution in [3.63, 3.8) is 0 Å². The number of benzene rings is 2. The quantitative estimate of drug-likeness (QED) is 0.418. The average Bonchev–Trinajstić information content (AvgIpc) is 3.44. The van der Waals surface area contributed by atoms with E-state index in [1.165, 1.54) is 27.6 Å². The summed E-state index contributed by atoms with van der Waals surface area (Å²) in [6.07, 6.45) is 14.4. The van der Waals surface area contributed by atoms with Crippen LogP contribution in [-0.2, 0) is 32.1 Å². The van der Waals surface area contributed by atoms with Gasteiger partial charge in [0.25, 0.3) is 0 Å². The van der Waals surface area contributed by atoms with Gasteiger partial charge in [-0.2, -0.15) is 0 Å². The zero-order valence-electron chi connectivity index (χ0n) is 17.9. The number of hydrogen-bond acceptors (Lipinski definition) is 3. The van der Waals surface area contributed by atoms with Crippen molar-refractivity contribution < 1.29 is 4.74 Å². The molecule has 2 aromatic carbocycles. The van der Waals surface area contributed by atoms with Crippen LogP contribution in [0.5, 0.6) is 5.75 Å². The van der Waals surface area contributed by atoms with Gasteiger partial charge < -0.3 is 9.72 Å². The number of nitrogens with zero attached hydrogens (tertiary/aromatic N) is 2. The van der Waals surface area contributed by atoms with E-state index in [1.54, 1.807) is 7.11 Å². The Kier molecular flexibility index (Phi) is 5.53. The van der Waals surface area contributed by atoms with Gasteiger partial charge >= 0.3 is 0 Å². The largest absolute Gasteiger partial charge is 0.497 e. The number of aromatic amines is 1. The molecule has 0 unspecified atom stereocenters. The van der Waals surface area contributed by atoms with E-state index >= 15 is 0 Å².